The third-order valence-electron chi connectivity index (χ3n) is 3.12. The Labute approximate surface area is 106 Å². The molecule has 2 aliphatic rings. The van der Waals surface area contributed by atoms with Crippen LogP contribution in [0, 0.1) is 0 Å². The van der Waals surface area contributed by atoms with Crippen LogP contribution >= 0.6 is 0 Å². The van der Waals surface area contributed by atoms with Crippen LogP contribution in [0.1, 0.15) is 6.42 Å². The van der Waals surface area contributed by atoms with Gasteiger partial charge in [0.25, 0.3) is 0 Å². The van der Waals surface area contributed by atoms with Crippen molar-refractivity contribution < 1.29 is 13.3 Å². The first-order valence-electron chi connectivity index (χ1n) is 5.86. The molecule has 0 aliphatic carbocycles. The average molecular weight is 269 g/mol. The van der Waals surface area contributed by atoms with Crippen molar-refractivity contribution in [3.8, 4) is 0 Å². The number of benzene rings is 1. The van der Waals surface area contributed by atoms with Crippen LogP contribution in [-0.2, 0) is 14.7 Å². The highest BCUT2D eigenvalue weighted by Crippen LogP contribution is 2.25. The number of rotatable bonds is 2. The lowest BCUT2D eigenvalue weighted by molar-refractivity contribution is 0.0798. The molecule has 0 amide bonds. The van der Waals surface area contributed by atoms with E-state index in [9.17, 15) is 8.42 Å². The van der Waals surface area contributed by atoms with Gasteiger partial charge in [0, 0.05) is 6.04 Å². The van der Waals surface area contributed by atoms with Crippen molar-refractivity contribution in [1.29, 1.82) is 0 Å². The number of sulfone groups is 1. The van der Waals surface area contributed by atoms with Gasteiger partial charge in [-0.2, -0.15) is 0 Å². The molecule has 0 saturated carbocycles. The van der Waals surface area contributed by atoms with Crippen LogP contribution in [0.4, 0.5) is 11.4 Å². The normalized spacial score (nSPS) is 29.1. The first-order valence-corrected chi connectivity index (χ1v) is 7.68. The Morgan fingerprint density at radius 1 is 1.28 bits per heavy atom. The highest BCUT2D eigenvalue weighted by Gasteiger charge is 2.30. The zero-order valence-corrected chi connectivity index (χ0v) is 10.5. The molecule has 2 heterocycles. The summed E-state index contributed by atoms with van der Waals surface area (Å²) in [5.41, 5.74) is 4.64. The third kappa shape index (κ3) is 2.43. The zero-order valence-electron chi connectivity index (χ0n) is 9.72. The standard InChI is InChI=1S/C11H15N3O3S/c15-18(16)6-5-8(7-18)12-11-13-9-3-1-2-4-10(9)14-17-11/h1-4,8,11-14H,5-7H2/t8-,11+/m0/s1. The number of nitrogens with one attached hydrogen (secondary N) is 3. The fourth-order valence-corrected chi connectivity index (χ4v) is 3.89. The molecule has 0 radical (unpaired) electrons. The van der Waals surface area contributed by atoms with E-state index in [1.807, 2.05) is 24.3 Å². The van der Waals surface area contributed by atoms with Crippen LogP contribution in [0.15, 0.2) is 24.3 Å². The molecule has 0 unspecified atom stereocenters. The fourth-order valence-electron chi connectivity index (χ4n) is 2.21. The predicted octanol–water partition coefficient (Wildman–Crippen LogP) is 0.516. The van der Waals surface area contributed by atoms with Gasteiger partial charge in [-0.3, -0.25) is 10.8 Å². The van der Waals surface area contributed by atoms with Crippen LogP contribution in [0.2, 0.25) is 0 Å². The molecule has 1 aromatic rings. The summed E-state index contributed by atoms with van der Waals surface area (Å²) in [6.45, 7) is 0. The maximum Gasteiger partial charge on any atom is 0.209 e. The van der Waals surface area contributed by atoms with Crippen LogP contribution in [0.25, 0.3) is 0 Å². The van der Waals surface area contributed by atoms with Crippen molar-refractivity contribution >= 4 is 21.2 Å². The first-order chi connectivity index (χ1) is 8.62. The highest BCUT2D eigenvalue weighted by molar-refractivity contribution is 7.91. The summed E-state index contributed by atoms with van der Waals surface area (Å²) in [5.74, 6) is 0.428. The second-order valence-corrected chi connectivity index (χ2v) is 6.79. The number of para-hydroxylation sites is 2. The summed E-state index contributed by atoms with van der Waals surface area (Å²) in [6, 6.07) is 7.62. The molecule has 1 aromatic carbocycles. The Morgan fingerprint density at radius 2 is 2.06 bits per heavy atom. The van der Waals surface area contributed by atoms with E-state index in [-0.39, 0.29) is 17.5 Å². The topological polar surface area (TPSA) is 79.5 Å². The first kappa shape index (κ1) is 11.8. The van der Waals surface area contributed by atoms with Gasteiger partial charge in [-0.15, -0.1) is 0 Å². The monoisotopic (exact) mass is 269 g/mol. The molecule has 0 aromatic heterocycles. The third-order valence-corrected chi connectivity index (χ3v) is 4.89. The predicted molar refractivity (Wildman–Crippen MR) is 68.8 cm³/mol. The molecule has 18 heavy (non-hydrogen) atoms. The quantitative estimate of drug-likeness (QED) is 0.726. The summed E-state index contributed by atoms with van der Waals surface area (Å²) in [6.07, 6.45) is 0.212. The van der Waals surface area contributed by atoms with Gasteiger partial charge in [0.2, 0.25) is 6.35 Å². The van der Waals surface area contributed by atoms with E-state index in [1.54, 1.807) is 0 Å². The lowest BCUT2D eigenvalue weighted by atomic mass is 10.2. The fraction of sp³-hybridized carbons (Fsp3) is 0.455. The van der Waals surface area contributed by atoms with Gasteiger partial charge in [0.05, 0.1) is 22.9 Å². The lowest BCUT2D eigenvalue weighted by Gasteiger charge is -2.29. The van der Waals surface area contributed by atoms with E-state index < -0.39 is 16.2 Å². The minimum absolute atomic E-state index is 0.0560. The van der Waals surface area contributed by atoms with Gasteiger partial charge in [0.1, 0.15) is 0 Å². The van der Waals surface area contributed by atoms with Crippen molar-refractivity contribution in [2.45, 2.75) is 18.8 Å². The van der Waals surface area contributed by atoms with Crippen molar-refractivity contribution in [2.24, 2.45) is 0 Å². The summed E-state index contributed by atoms with van der Waals surface area (Å²) in [7, 11) is -2.87. The molecule has 3 rings (SSSR count). The van der Waals surface area contributed by atoms with E-state index in [1.165, 1.54) is 0 Å². The molecule has 0 bridgehead atoms. The zero-order chi connectivity index (χ0) is 12.6. The van der Waals surface area contributed by atoms with Gasteiger partial charge in [0.15, 0.2) is 9.84 Å². The number of fused-ring (bicyclic) bond motifs is 1. The van der Waals surface area contributed by atoms with Crippen molar-refractivity contribution in [2.75, 3.05) is 22.3 Å². The molecule has 1 fully saturated rings. The molecule has 2 atom stereocenters. The SMILES string of the molecule is O=S1(=O)CC[C@H](N[C@@H]2Nc3ccccc3NO2)C1. The van der Waals surface area contributed by atoms with Crippen molar-refractivity contribution in [1.82, 2.24) is 5.32 Å². The number of hydrogen-bond acceptors (Lipinski definition) is 6. The van der Waals surface area contributed by atoms with E-state index in [4.69, 9.17) is 4.84 Å². The second kappa shape index (κ2) is 4.42. The Morgan fingerprint density at radius 3 is 2.78 bits per heavy atom. The van der Waals surface area contributed by atoms with Gasteiger partial charge in [-0.25, -0.2) is 13.3 Å². The highest BCUT2D eigenvalue weighted by atomic mass is 32.2. The largest absolute Gasteiger partial charge is 0.344 e. The molecule has 98 valence electrons. The minimum atomic E-state index is -2.87. The van der Waals surface area contributed by atoms with E-state index in [0.717, 1.165) is 11.4 Å². The van der Waals surface area contributed by atoms with Gasteiger partial charge >= 0.3 is 0 Å². The molecular weight excluding hydrogens is 254 g/mol. The van der Waals surface area contributed by atoms with E-state index in [2.05, 4.69) is 16.1 Å². The van der Waals surface area contributed by atoms with Gasteiger partial charge in [-0.05, 0) is 18.6 Å². The molecule has 3 N–H and O–H groups in total. The van der Waals surface area contributed by atoms with Crippen LogP contribution in [0.3, 0.4) is 0 Å². The minimum Gasteiger partial charge on any atom is -0.344 e. The summed E-state index contributed by atoms with van der Waals surface area (Å²) in [4.78, 5) is 5.37. The maximum atomic E-state index is 11.4. The van der Waals surface area contributed by atoms with Crippen LogP contribution in [-0.4, -0.2) is 32.3 Å². The van der Waals surface area contributed by atoms with Gasteiger partial charge in [-0.1, -0.05) is 12.1 Å². The smallest absolute Gasteiger partial charge is 0.209 e. The Kier molecular flexibility index (Phi) is 2.89. The molecule has 6 nitrogen and oxygen atoms in total. The van der Waals surface area contributed by atoms with Crippen molar-refractivity contribution in [3.05, 3.63) is 24.3 Å². The molecule has 2 aliphatic heterocycles. The van der Waals surface area contributed by atoms with E-state index in [0.29, 0.717) is 6.42 Å². The molecule has 1 saturated heterocycles. The van der Waals surface area contributed by atoms with E-state index >= 15 is 0 Å². The molecule has 0 spiro atoms. The number of anilines is 2. The summed E-state index contributed by atoms with van der Waals surface area (Å²) >= 11 is 0. The molecule has 7 heteroatoms. The summed E-state index contributed by atoms with van der Waals surface area (Å²) < 4.78 is 22.7. The summed E-state index contributed by atoms with van der Waals surface area (Å²) in [5, 5.41) is 6.30. The Hall–Kier alpha value is -1.31. The van der Waals surface area contributed by atoms with Crippen LogP contribution in [0.5, 0.6) is 0 Å². The second-order valence-electron chi connectivity index (χ2n) is 4.56. The Balaban J connectivity index is 1.63. The molecular formula is C11H15N3O3S. The number of hydrogen-bond donors (Lipinski definition) is 3. The average Bonchev–Trinajstić information content (AvgIpc) is 2.68. The van der Waals surface area contributed by atoms with Crippen molar-refractivity contribution in [3.63, 3.8) is 0 Å². The van der Waals surface area contributed by atoms with Gasteiger partial charge < -0.3 is 5.32 Å². The maximum absolute atomic E-state index is 11.4. The lowest BCUT2D eigenvalue weighted by Crippen LogP contribution is -2.48. The van der Waals surface area contributed by atoms with Crippen LogP contribution < -0.4 is 16.1 Å². The Bertz CT molecular complexity index is 546.